The van der Waals surface area contributed by atoms with E-state index in [1.54, 1.807) is 0 Å². The molecule has 3 rings (SSSR count). The zero-order valence-electron chi connectivity index (χ0n) is 18.2. The largest absolute Gasteiger partial charge is 0.492 e. The smallest absolute Gasteiger partial charge is 0.175 e. The van der Waals surface area contributed by atoms with Crippen LogP contribution in [0.4, 0.5) is 17.1 Å². The van der Waals surface area contributed by atoms with Gasteiger partial charge in [-0.1, -0.05) is 17.7 Å². The van der Waals surface area contributed by atoms with Gasteiger partial charge in [-0.05, 0) is 51.5 Å². The van der Waals surface area contributed by atoms with Crippen LogP contribution in [0.25, 0.3) is 0 Å². The Kier molecular flexibility index (Phi) is 7.76. The van der Waals surface area contributed by atoms with Gasteiger partial charge in [0, 0.05) is 30.9 Å². The first-order valence-corrected chi connectivity index (χ1v) is 10.8. The number of rotatable bonds is 7. The molecule has 0 atom stereocenters. The molecule has 7 heteroatoms. The van der Waals surface area contributed by atoms with Crippen molar-refractivity contribution >= 4 is 34.4 Å². The lowest BCUT2D eigenvalue weighted by Crippen LogP contribution is -2.36. The number of hydrogen-bond donors (Lipinski definition) is 2. The predicted molar refractivity (Wildman–Crippen MR) is 128 cm³/mol. The molecule has 0 spiro atoms. The topological polar surface area (TPSA) is 55.0 Å². The maximum absolute atomic E-state index is 5.95. The molecule has 1 aliphatic heterocycles. The van der Waals surface area contributed by atoms with Crippen LogP contribution in [0.5, 0.6) is 11.5 Å². The van der Waals surface area contributed by atoms with Gasteiger partial charge >= 0.3 is 0 Å². The van der Waals surface area contributed by atoms with Crippen molar-refractivity contribution in [2.45, 2.75) is 27.7 Å². The summed E-state index contributed by atoms with van der Waals surface area (Å²) < 4.78 is 17.4. The lowest BCUT2D eigenvalue weighted by molar-refractivity contribution is 0.122. The normalized spacial score (nSPS) is 13.7. The standard InChI is InChI=1S/C23H31N3O3S/c1-5-28-21-15-20(26-9-11-27-12-10-26)22(29-6-2)14-19(21)25-23(30)24-18-8-7-16(3)13-17(18)4/h7-8,13-15H,5-6,9-12H2,1-4H3,(H2,24,25,30). The van der Waals surface area contributed by atoms with E-state index in [1.807, 2.05) is 32.0 Å². The summed E-state index contributed by atoms with van der Waals surface area (Å²) in [5.74, 6) is 1.55. The summed E-state index contributed by atoms with van der Waals surface area (Å²) in [5.41, 5.74) is 5.13. The molecule has 162 valence electrons. The molecule has 1 saturated heterocycles. The van der Waals surface area contributed by atoms with Crippen molar-refractivity contribution < 1.29 is 14.2 Å². The third-order valence-corrected chi connectivity index (χ3v) is 5.10. The van der Waals surface area contributed by atoms with E-state index in [0.29, 0.717) is 31.5 Å². The second-order valence-corrected chi connectivity index (χ2v) is 7.59. The molecule has 0 amide bonds. The first-order valence-electron chi connectivity index (χ1n) is 10.4. The molecule has 2 aromatic rings. The summed E-state index contributed by atoms with van der Waals surface area (Å²) in [5, 5.41) is 7.07. The Balaban J connectivity index is 1.86. The summed E-state index contributed by atoms with van der Waals surface area (Å²) in [6, 6.07) is 10.2. The van der Waals surface area contributed by atoms with Gasteiger partial charge in [-0.25, -0.2) is 0 Å². The van der Waals surface area contributed by atoms with Crippen molar-refractivity contribution in [3.8, 4) is 11.5 Å². The number of anilines is 3. The third-order valence-electron chi connectivity index (χ3n) is 4.89. The molecule has 0 aromatic heterocycles. The van der Waals surface area contributed by atoms with Crippen molar-refractivity contribution in [1.29, 1.82) is 0 Å². The highest BCUT2D eigenvalue weighted by molar-refractivity contribution is 7.80. The van der Waals surface area contributed by atoms with E-state index >= 15 is 0 Å². The van der Waals surface area contributed by atoms with Crippen LogP contribution in [0.1, 0.15) is 25.0 Å². The van der Waals surface area contributed by atoms with E-state index in [-0.39, 0.29) is 0 Å². The molecular formula is C23H31N3O3S. The number of nitrogens with one attached hydrogen (secondary N) is 2. The van der Waals surface area contributed by atoms with Crippen LogP contribution in [0, 0.1) is 13.8 Å². The average Bonchev–Trinajstić information content (AvgIpc) is 2.73. The van der Waals surface area contributed by atoms with Gasteiger partial charge < -0.3 is 29.7 Å². The number of aryl methyl sites for hydroxylation is 2. The number of morpholine rings is 1. The van der Waals surface area contributed by atoms with E-state index in [0.717, 1.165) is 47.2 Å². The zero-order valence-corrected chi connectivity index (χ0v) is 19.0. The summed E-state index contributed by atoms with van der Waals surface area (Å²) >= 11 is 5.57. The highest BCUT2D eigenvalue weighted by Crippen LogP contribution is 2.39. The second kappa shape index (κ2) is 10.5. The molecule has 2 aromatic carbocycles. The SMILES string of the molecule is CCOc1cc(N2CCOCC2)c(OCC)cc1NC(=S)Nc1ccc(C)cc1C. The molecule has 0 saturated carbocycles. The van der Waals surface area contributed by atoms with Crippen LogP contribution in [0.15, 0.2) is 30.3 Å². The number of benzene rings is 2. The van der Waals surface area contributed by atoms with Gasteiger partial charge in [0.15, 0.2) is 5.11 Å². The molecule has 30 heavy (non-hydrogen) atoms. The van der Waals surface area contributed by atoms with Crippen molar-refractivity contribution in [2.75, 3.05) is 55.1 Å². The molecule has 0 bridgehead atoms. The molecule has 0 radical (unpaired) electrons. The number of hydrogen-bond acceptors (Lipinski definition) is 5. The third kappa shape index (κ3) is 5.55. The molecule has 2 N–H and O–H groups in total. The predicted octanol–water partition coefficient (Wildman–Crippen LogP) is 4.75. The fourth-order valence-corrected chi connectivity index (χ4v) is 3.69. The van der Waals surface area contributed by atoms with Crippen LogP contribution in [0.3, 0.4) is 0 Å². The Hall–Kier alpha value is -2.51. The lowest BCUT2D eigenvalue weighted by atomic mass is 10.1. The van der Waals surface area contributed by atoms with Gasteiger partial charge in [-0.2, -0.15) is 0 Å². The summed E-state index contributed by atoms with van der Waals surface area (Å²) in [7, 11) is 0. The minimum atomic E-state index is 0.504. The van der Waals surface area contributed by atoms with E-state index in [9.17, 15) is 0 Å². The van der Waals surface area contributed by atoms with E-state index in [4.69, 9.17) is 26.4 Å². The van der Waals surface area contributed by atoms with Gasteiger partial charge in [-0.15, -0.1) is 0 Å². The fourth-order valence-electron chi connectivity index (χ4n) is 3.47. The van der Waals surface area contributed by atoms with Crippen molar-refractivity contribution in [2.24, 2.45) is 0 Å². The fraction of sp³-hybridized carbons (Fsp3) is 0.435. The summed E-state index contributed by atoms with van der Waals surface area (Å²) in [6.45, 7) is 12.3. The Morgan fingerprint density at radius 1 is 0.967 bits per heavy atom. The van der Waals surface area contributed by atoms with Crippen LogP contribution in [-0.2, 0) is 4.74 Å². The maximum Gasteiger partial charge on any atom is 0.175 e. The average molecular weight is 430 g/mol. The van der Waals surface area contributed by atoms with Gasteiger partial charge in [0.2, 0.25) is 0 Å². The number of thiocarbonyl (C=S) groups is 1. The zero-order chi connectivity index (χ0) is 21.5. The molecule has 1 fully saturated rings. The molecule has 1 heterocycles. The first kappa shape index (κ1) is 22.2. The van der Waals surface area contributed by atoms with E-state index < -0.39 is 0 Å². The van der Waals surface area contributed by atoms with Gasteiger partial charge in [0.05, 0.1) is 37.8 Å². The first-order chi connectivity index (χ1) is 14.5. The van der Waals surface area contributed by atoms with Crippen LogP contribution < -0.4 is 25.0 Å². The minimum absolute atomic E-state index is 0.504. The number of nitrogens with zero attached hydrogens (tertiary/aromatic N) is 1. The highest BCUT2D eigenvalue weighted by Gasteiger charge is 2.20. The monoisotopic (exact) mass is 429 g/mol. The van der Waals surface area contributed by atoms with Gasteiger partial charge in [-0.3, -0.25) is 0 Å². The second-order valence-electron chi connectivity index (χ2n) is 7.18. The quantitative estimate of drug-likeness (QED) is 0.616. The molecular weight excluding hydrogens is 398 g/mol. The minimum Gasteiger partial charge on any atom is -0.492 e. The Morgan fingerprint density at radius 2 is 1.63 bits per heavy atom. The molecule has 0 aliphatic carbocycles. The Labute approximate surface area is 184 Å². The molecule has 6 nitrogen and oxygen atoms in total. The van der Waals surface area contributed by atoms with Crippen LogP contribution >= 0.6 is 12.2 Å². The van der Waals surface area contributed by atoms with E-state index in [2.05, 4.69) is 41.5 Å². The highest BCUT2D eigenvalue weighted by atomic mass is 32.1. The Bertz CT molecular complexity index is 882. The van der Waals surface area contributed by atoms with Crippen LogP contribution in [-0.4, -0.2) is 44.6 Å². The molecule has 0 unspecified atom stereocenters. The lowest BCUT2D eigenvalue weighted by Gasteiger charge is -2.31. The van der Waals surface area contributed by atoms with Crippen molar-refractivity contribution in [3.63, 3.8) is 0 Å². The summed E-state index contributed by atoms with van der Waals surface area (Å²) in [4.78, 5) is 2.27. The van der Waals surface area contributed by atoms with E-state index in [1.165, 1.54) is 5.56 Å². The summed E-state index contributed by atoms with van der Waals surface area (Å²) in [6.07, 6.45) is 0. The Morgan fingerprint density at radius 3 is 2.30 bits per heavy atom. The van der Waals surface area contributed by atoms with Gasteiger partial charge in [0.1, 0.15) is 11.5 Å². The molecule has 1 aliphatic rings. The maximum atomic E-state index is 5.95. The van der Waals surface area contributed by atoms with Crippen molar-refractivity contribution in [3.05, 3.63) is 41.5 Å². The van der Waals surface area contributed by atoms with Gasteiger partial charge in [0.25, 0.3) is 0 Å². The number of ether oxygens (including phenoxy) is 3. The van der Waals surface area contributed by atoms with Crippen LogP contribution in [0.2, 0.25) is 0 Å². The van der Waals surface area contributed by atoms with Crippen molar-refractivity contribution in [1.82, 2.24) is 0 Å².